The fraction of sp³-hybridized carbons (Fsp3) is 0.0556. The zero-order valence-corrected chi connectivity index (χ0v) is 15.0. The van der Waals surface area contributed by atoms with Gasteiger partial charge in [0.15, 0.2) is 0 Å². The molecule has 3 rings (SSSR count). The molecule has 0 spiro atoms. The Labute approximate surface area is 159 Å². The van der Waals surface area contributed by atoms with Gasteiger partial charge in [-0.05, 0) is 30.7 Å². The molecule has 0 aliphatic rings. The Morgan fingerprint density at radius 3 is 2.37 bits per heavy atom. The van der Waals surface area contributed by atoms with E-state index < -0.39 is 0 Å². The predicted molar refractivity (Wildman–Crippen MR) is 103 cm³/mol. The van der Waals surface area contributed by atoms with Crippen molar-refractivity contribution in [3.05, 3.63) is 70.8 Å². The highest BCUT2D eigenvalue weighted by Crippen LogP contribution is 2.18. The van der Waals surface area contributed by atoms with Crippen LogP contribution in [0.15, 0.2) is 49.1 Å². The van der Waals surface area contributed by atoms with Crippen LogP contribution in [-0.4, -0.2) is 26.8 Å². The lowest BCUT2D eigenvalue weighted by atomic mass is 10.1. The lowest BCUT2D eigenvalue weighted by Crippen LogP contribution is -2.16. The zero-order valence-electron chi connectivity index (χ0n) is 14.2. The molecule has 0 fully saturated rings. The van der Waals surface area contributed by atoms with Crippen LogP contribution in [0.4, 0.5) is 17.3 Å². The topological polar surface area (TPSA) is 123 Å². The Bertz CT molecular complexity index is 1010. The molecule has 4 N–H and O–H groups in total. The molecule has 0 saturated carbocycles. The number of aryl methyl sites for hydroxylation is 1. The van der Waals surface area contributed by atoms with E-state index in [4.69, 9.17) is 17.3 Å². The summed E-state index contributed by atoms with van der Waals surface area (Å²) in [6, 6.07) is 6.53. The van der Waals surface area contributed by atoms with Crippen molar-refractivity contribution in [1.29, 1.82) is 0 Å². The molecular formula is C18H15ClN6O2. The van der Waals surface area contributed by atoms with E-state index in [1.54, 1.807) is 25.1 Å². The van der Waals surface area contributed by atoms with Crippen LogP contribution in [0.25, 0.3) is 0 Å². The van der Waals surface area contributed by atoms with E-state index in [0.29, 0.717) is 27.5 Å². The number of aromatic nitrogens is 3. The Balaban J connectivity index is 1.78. The number of benzene rings is 1. The largest absolute Gasteiger partial charge is 0.368 e. The second kappa shape index (κ2) is 7.79. The van der Waals surface area contributed by atoms with Crippen LogP contribution in [0.1, 0.15) is 26.3 Å². The number of nitrogens with two attached hydrogens (primary N) is 1. The van der Waals surface area contributed by atoms with Crippen LogP contribution in [-0.2, 0) is 0 Å². The standard InChI is InChI=1S/C18H15ClN6O2/c1-10-2-3-13(24-16(26)11-4-12(19)7-21-6-11)5-15(10)17(27)25-14-8-22-18(20)23-9-14/h2-9H,1H3,(H,24,26)(H,25,27)(H2,20,22,23). The monoisotopic (exact) mass is 382 g/mol. The molecule has 0 atom stereocenters. The van der Waals surface area contributed by atoms with Crippen LogP contribution in [0.5, 0.6) is 0 Å². The van der Waals surface area contributed by atoms with Gasteiger partial charge in [-0.3, -0.25) is 14.6 Å². The molecule has 2 amide bonds. The summed E-state index contributed by atoms with van der Waals surface area (Å²) in [6.07, 6.45) is 5.67. The average molecular weight is 383 g/mol. The highest BCUT2D eigenvalue weighted by molar-refractivity contribution is 6.30. The van der Waals surface area contributed by atoms with Gasteiger partial charge in [0.05, 0.1) is 28.7 Å². The van der Waals surface area contributed by atoms with Crippen LogP contribution >= 0.6 is 11.6 Å². The number of amides is 2. The number of rotatable bonds is 4. The maximum absolute atomic E-state index is 12.5. The Morgan fingerprint density at radius 1 is 0.963 bits per heavy atom. The van der Waals surface area contributed by atoms with Gasteiger partial charge in [-0.15, -0.1) is 0 Å². The second-order valence-corrected chi connectivity index (χ2v) is 6.10. The molecule has 0 aliphatic heterocycles. The third-order valence-electron chi connectivity index (χ3n) is 3.64. The van der Waals surface area contributed by atoms with Gasteiger partial charge in [-0.1, -0.05) is 17.7 Å². The van der Waals surface area contributed by atoms with Crippen molar-refractivity contribution in [2.24, 2.45) is 0 Å². The first kappa shape index (κ1) is 18.3. The van der Waals surface area contributed by atoms with E-state index in [0.717, 1.165) is 5.56 Å². The van der Waals surface area contributed by atoms with E-state index in [9.17, 15) is 9.59 Å². The summed E-state index contributed by atoms with van der Waals surface area (Å²) in [6.45, 7) is 1.79. The summed E-state index contributed by atoms with van der Waals surface area (Å²) >= 11 is 5.85. The fourth-order valence-corrected chi connectivity index (χ4v) is 2.46. The number of nitrogens with one attached hydrogen (secondary N) is 2. The van der Waals surface area contributed by atoms with E-state index in [2.05, 4.69) is 25.6 Å². The number of hydrogen-bond donors (Lipinski definition) is 3. The van der Waals surface area contributed by atoms with Crippen molar-refractivity contribution in [1.82, 2.24) is 15.0 Å². The van der Waals surface area contributed by atoms with Gasteiger partial charge < -0.3 is 16.4 Å². The molecule has 0 aliphatic carbocycles. The van der Waals surface area contributed by atoms with E-state index in [-0.39, 0.29) is 17.8 Å². The summed E-state index contributed by atoms with van der Waals surface area (Å²) in [5, 5.41) is 5.77. The van der Waals surface area contributed by atoms with Crippen LogP contribution in [0.3, 0.4) is 0 Å². The van der Waals surface area contributed by atoms with Crippen molar-refractivity contribution in [2.75, 3.05) is 16.4 Å². The lowest BCUT2D eigenvalue weighted by Gasteiger charge is -2.11. The summed E-state index contributed by atoms with van der Waals surface area (Å²) < 4.78 is 0. The summed E-state index contributed by atoms with van der Waals surface area (Å²) in [7, 11) is 0. The van der Waals surface area contributed by atoms with E-state index in [1.807, 2.05) is 0 Å². The van der Waals surface area contributed by atoms with Gasteiger partial charge in [0.25, 0.3) is 11.8 Å². The average Bonchev–Trinajstić information content (AvgIpc) is 2.65. The molecule has 1 aromatic carbocycles. The number of nitrogen functional groups attached to an aromatic ring is 1. The highest BCUT2D eigenvalue weighted by atomic mass is 35.5. The van der Waals surface area contributed by atoms with Crippen LogP contribution in [0.2, 0.25) is 5.02 Å². The molecule has 0 bridgehead atoms. The number of carbonyl (C=O) groups excluding carboxylic acids is 2. The Kier molecular flexibility index (Phi) is 5.28. The quantitative estimate of drug-likeness (QED) is 0.637. The maximum Gasteiger partial charge on any atom is 0.257 e. The van der Waals surface area contributed by atoms with Crippen molar-refractivity contribution in [3.8, 4) is 0 Å². The molecular weight excluding hydrogens is 368 g/mol. The Hall–Kier alpha value is -3.52. The van der Waals surface area contributed by atoms with Crippen molar-refractivity contribution < 1.29 is 9.59 Å². The molecule has 0 radical (unpaired) electrons. The molecule has 0 unspecified atom stereocenters. The third-order valence-corrected chi connectivity index (χ3v) is 3.84. The molecule has 8 nitrogen and oxygen atoms in total. The van der Waals surface area contributed by atoms with E-state index in [1.165, 1.54) is 30.9 Å². The minimum Gasteiger partial charge on any atom is -0.368 e. The van der Waals surface area contributed by atoms with Gasteiger partial charge in [-0.2, -0.15) is 0 Å². The molecule has 0 saturated heterocycles. The smallest absolute Gasteiger partial charge is 0.257 e. The first-order valence-corrected chi connectivity index (χ1v) is 8.21. The Morgan fingerprint density at radius 2 is 1.67 bits per heavy atom. The minimum absolute atomic E-state index is 0.115. The van der Waals surface area contributed by atoms with E-state index >= 15 is 0 Å². The fourth-order valence-electron chi connectivity index (χ4n) is 2.28. The SMILES string of the molecule is Cc1ccc(NC(=O)c2cncc(Cl)c2)cc1C(=O)Nc1cnc(N)nc1. The maximum atomic E-state index is 12.5. The van der Waals surface area contributed by atoms with Gasteiger partial charge in [-0.25, -0.2) is 9.97 Å². The van der Waals surface area contributed by atoms with Gasteiger partial charge in [0.1, 0.15) is 0 Å². The van der Waals surface area contributed by atoms with Gasteiger partial charge in [0, 0.05) is 23.6 Å². The molecule has 3 aromatic rings. The second-order valence-electron chi connectivity index (χ2n) is 5.66. The lowest BCUT2D eigenvalue weighted by molar-refractivity contribution is 0.101. The first-order valence-electron chi connectivity index (χ1n) is 7.84. The number of hydrogen-bond acceptors (Lipinski definition) is 6. The van der Waals surface area contributed by atoms with Crippen LogP contribution in [0, 0.1) is 6.92 Å². The van der Waals surface area contributed by atoms with Crippen molar-refractivity contribution in [3.63, 3.8) is 0 Å². The number of pyridine rings is 1. The number of carbonyl (C=O) groups is 2. The molecule has 2 aromatic heterocycles. The van der Waals surface area contributed by atoms with Crippen LogP contribution < -0.4 is 16.4 Å². The highest BCUT2D eigenvalue weighted by Gasteiger charge is 2.13. The zero-order chi connectivity index (χ0) is 19.4. The molecule has 27 heavy (non-hydrogen) atoms. The minimum atomic E-state index is -0.382. The predicted octanol–water partition coefficient (Wildman–Crippen LogP) is 2.92. The number of nitrogens with zero attached hydrogens (tertiary/aromatic N) is 3. The number of anilines is 3. The van der Waals surface area contributed by atoms with Crippen molar-refractivity contribution in [2.45, 2.75) is 6.92 Å². The normalized spacial score (nSPS) is 10.3. The summed E-state index contributed by atoms with van der Waals surface area (Å²) in [4.78, 5) is 36.4. The summed E-state index contributed by atoms with van der Waals surface area (Å²) in [5.74, 6) is -0.627. The number of halogens is 1. The molecule has 9 heteroatoms. The van der Waals surface area contributed by atoms with Gasteiger partial charge >= 0.3 is 0 Å². The molecule has 2 heterocycles. The third kappa shape index (κ3) is 4.56. The first-order chi connectivity index (χ1) is 12.9. The van der Waals surface area contributed by atoms with Gasteiger partial charge in [0.2, 0.25) is 5.95 Å². The molecule has 136 valence electrons. The summed E-state index contributed by atoms with van der Waals surface area (Å²) in [5.41, 5.74) is 7.75. The van der Waals surface area contributed by atoms with Crippen molar-refractivity contribution >= 4 is 40.7 Å².